The lowest BCUT2D eigenvalue weighted by molar-refractivity contribution is 0.00268. The number of hydrogen-bond donors (Lipinski definition) is 1. The Hall–Kier alpha value is -0.990. The summed E-state index contributed by atoms with van der Waals surface area (Å²) in [5, 5.41) is 12.8. The van der Waals surface area contributed by atoms with Crippen molar-refractivity contribution < 1.29 is 13.2 Å². The van der Waals surface area contributed by atoms with Crippen LogP contribution in [-0.2, 0) is 25.9 Å². The molecule has 0 radical (unpaired) electrons. The van der Waals surface area contributed by atoms with Crippen LogP contribution in [0.15, 0.2) is 5.16 Å². The second kappa shape index (κ2) is 4.26. The van der Waals surface area contributed by atoms with Crippen molar-refractivity contribution in [1.29, 1.82) is 0 Å². The second-order valence-corrected chi connectivity index (χ2v) is 7.50. The third-order valence-electron chi connectivity index (χ3n) is 3.25. The SMILES string of the molecule is CC1(c2nnc(S(N)(=O)=O)n2C(C)(C)C)CCCO1. The van der Waals surface area contributed by atoms with Gasteiger partial charge >= 0.3 is 0 Å². The summed E-state index contributed by atoms with van der Waals surface area (Å²) < 4.78 is 30.6. The van der Waals surface area contributed by atoms with E-state index in [4.69, 9.17) is 9.88 Å². The molecule has 0 aliphatic carbocycles. The molecule has 1 atom stereocenters. The Morgan fingerprint density at radius 3 is 2.42 bits per heavy atom. The van der Waals surface area contributed by atoms with E-state index in [1.54, 1.807) is 4.57 Å². The van der Waals surface area contributed by atoms with Crippen molar-refractivity contribution in [2.24, 2.45) is 5.14 Å². The van der Waals surface area contributed by atoms with Crippen LogP contribution in [0.4, 0.5) is 0 Å². The highest BCUT2D eigenvalue weighted by Crippen LogP contribution is 2.37. The smallest absolute Gasteiger partial charge is 0.273 e. The number of nitrogens with zero attached hydrogens (tertiary/aromatic N) is 3. The van der Waals surface area contributed by atoms with Gasteiger partial charge in [0.05, 0.1) is 0 Å². The fourth-order valence-electron chi connectivity index (χ4n) is 2.36. The average Bonchev–Trinajstić information content (AvgIpc) is 2.80. The van der Waals surface area contributed by atoms with Crippen molar-refractivity contribution in [3.05, 3.63) is 5.82 Å². The van der Waals surface area contributed by atoms with E-state index in [1.807, 2.05) is 27.7 Å². The molecular weight excluding hydrogens is 268 g/mol. The van der Waals surface area contributed by atoms with Crippen molar-refractivity contribution in [2.45, 2.75) is 56.8 Å². The summed E-state index contributed by atoms with van der Waals surface area (Å²) in [6, 6.07) is 0. The van der Waals surface area contributed by atoms with Gasteiger partial charge in [0.1, 0.15) is 5.60 Å². The number of ether oxygens (including phenoxy) is 1. The summed E-state index contributed by atoms with van der Waals surface area (Å²) in [5.74, 6) is 0.515. The van der Waals surface area contributed by atoms with Crippen molar-refractivity contribution >= 4 is 10.0 Å². The van der Waals surface area contributed by atoms with Gasteiger partial charge < -0.3 is 4.74 Å². The van der Waals surface area contributed by atoms with E-state index in [0.29, 0.717) is 12.4 Å². The summed E-state index contributed by atoms with van der Waals surface area (Å²) >= 11 is 0. The van der Waals surface area contributed by atoms with Gasteiger partial charge in [0.15, 0.2) is 5.82 Å². The molecule has 1 unspecified atom stereocenters. The summed E-state index contributed by atoms with van der Waals surface area (Å²) in [5.41, 5.74) is -1.11. The van der Waals surface area contributed by atoms with Crippen LogP contribution in [0.5, 0.6) is 0 Å². The average molecular weight is 288 g/mol. The molecule has 108 valence electrons. The zero-order chi connectivity index (χ0) is 14.5. The maximum atomic E-state index is 11.6. The lowest BCUT2D eigenvalue weighted by atomic mass is 9.99. The molecule has 1 aromatic heterocycles. The maximum Gasteiger partial charge on any atom is 0.273 e. The third-order valence-corrected chi connectivity index (χ3v) is 4.02. The molecule has 1 saturated heterocycles. The van der Waals surface area contributed by atoms with Crippen LogP contribution in [0.2, 0.25) is 0 Å². The van der Waals surface area contributed by atoms with Crippen LogP contribution in [0.25, 0.3) is 0 Å². The number of nitrogens with two attached hydrogens (primary N) is 1. The van der Waals surface area contributed by atoms with Crippen molar-refractivity contribution in [3.8, 4) is 0 Å². The van der Waals surface area contributed by atoms with Gasteiger partial charge in [-0.2, -0.15) is 0 Å². The molecule has 0 aromatic carbocycles. The van der Waals surface area contributed by atoms with Crippen LogP contribution in [0, 0.1) is 0 Å². The molecule has 1 fully saturated rings. The Kier molecular flexibility index (Phi) is 3.23. The molecular formula is C11H20N4O3S. The quantitative estimate of drug-likeness (QED) is 0.863. The first-order valence-electron chi connectivity index (χ1n) is 6.19. The number of hydrogen-bond acceptors (Lipinski definition) is 5. The fraction of sp³-hybridized carbons (Fsp3) is 0.818. The van der Waals surface area contributed by atoms with Crippen LogP contribution >= 0.6 is 0 Å². The molecule has 0 saturated carbocycles. The van der Waals surface area contributed by atoms with Gasteiger partial charge in [0.25, 0.3) is 15.2 Å². The standard InChI is InChI=1S/C11H20N4O3S/c1-10(2,3)15-8(11(4)6-5-7-18-11)13-14-9(15)19(12,16)17/h5-7H2,1-4H3,(H2,12,16,17). The number of primary sulfonamides is 1. The third kappa shape index (κ3) is 2.52. The maximum absolute atomic E-state index is 11.6. The van der Waals surface area contributed by atoms with Crippen LogP contribution in [0.1, 0.15) is 46.4 Å². The summed E-state index contributed by atoms with van der Waals surface area (Å²) in [4.78, 5) is 0. The lowest BCUT2D eigenvalue weighted by Crippen LogP contribution is -2.35. The van der Waals surface area contributed by atoms with E-state index in [-0.39, 0.29) is 5.16 Å². The predicted molar refractivity (Wildman–Crippen MR) is 68.9 cm³/mol. The monoisotopic (exact) mass is 288 g/mol. The van der Waals surface area contributed by atoms with Crippen molar-refractivity contribution in [1.82, 2.24) is 14.8 Å². The summed E-state index contributed by atoms with van der Waals surface area (Å²) in [6.45, 7) is 8.18. The Bertz CT molecular complexity index is 580. The molecule has 0 bridgehead atoms. The molecule has 7 nitrogen and oxygen atoms in total. The van der Waals surface area contributed by atoms with Crippen LogP contribution in [-0.4, -0.2) is 29.8 Å². The first-order chi connectivity index (χ1) is 8.56. The Morgan fingerprint density at radius 1 is 1.37 bits per heavy atom. The normalized spacial score (nSPS) is 24.9. The molecule has 0 spiro atoms. The van der Waals surface area contributed by atoms with E-state index < -0.39 is 21.2 Å². The van der Waals surface area contributed by atoms with Gasteiger partial charge in [-0.1, -0.05) is 0 Å². The van der Waals surface area contributed by atoms with Crippen molar-refractivity contribution in [2.75, 3.05) is 6.61 Å². The molecule has 1 aliphatic rings. The van der Waals surface area contributed by atoms with Gasteiger partial charge in [-0.25, -0.2) is 13.6 Å². The first-order valence-corrected chi connectivity index (χ1v) is 7.73. The summed E-state index contributed by atoms with van der Waals surface area (Å²) in [7, 11) is -3.92. The molecule has 1 aromatic rings. The van der Waals surface area contributed by atoms with Crippen LogP contribution < -0.4 is 5.14 Å². The minimum Gasteiger partial charge on any atom is -0.367 e. The zero-order valence-corrected chi connectivity index (χ0v) is 12.5. The van der Waals surface area contributed by atoms with Gasteiger partial charge in [0.2, 0.25) is 0 Å². The number of rotatable bonds is 2. The largest absolute Gasteiger partial charge is 0.367 e. The molecule has 8 heteroatoms. The lowest BCUT2D eigenvalue weighted by Gasteiger charge is -2.30. The molecule has 2 heterocycles. The zero-order valence-electron chi connectivity index (χ0n) is 11.7. The van der Waals surface area contributed by atoms with E-state index in [2.05, 4.69) is 10.2 Å². The van der Waals surface area contributed by atoms with Gasteiger partial charge in [-0.3, -0.25) is 4.57 Å². The Balaban J connectivity index is 2.67. The molecule has 2 N–H and O–H groups in total. The minimum absolute atomic E-state index is 0.216. The minimum atomic E-state index is -3.92. The Morgan fingerprint density at radius 2 is 2.00 bits per heavy atom. The second-order valence-electron chi connectivity index (χ2n) is 6.04. The molecule has 1 aliphatic heterocycles. The van der Waals surface area contributed by atoms with Gasteiger partial charge in [-0.15, -0.1) is 10.2 Å². The van der Waals surface area contributed by atoms with E-state index in [0.717, 1.165) is 12.8 Å². The first kappa shape index (κ1) is 14.4. The van der Waals surface area contributed by atoms with Crippen molar-refractivity contribution in [3.63, 3.8) is 0 Å². The highest BCUT2D eigenvalue weighted by atomic mass is 32.2. The molecule has 2 rings (SSSR count). The van der Waals surface area contributed by atoms with E-state index >= 15 is 0 Å². The molecule has 0 amide bonds. The predicted octanol–water partition coefficient (Wildman–Crippen LogP) is 0.706. The Labute approximate surface area is 113 Å². The van der Waals surface area contributed by atoms with E-state index in [1.165, 1.54) is 0 Å². The topological polar surface area (TPSA) is 100 Å². The molecule has 19 heavy (non-hydrogen) atoms. The van der Waals surface area contributed by atoms with Gasteiger partial charge in [-0.05, 0) is 40.5 Å². The highest BCUT2D eigenvalue weighted by Gasteiger charge is 2.41. The van der Waals surface area contributed by atoms with E-state index in [9.17, 15) is 8.42 Å². The number of sulfonamides is 1. The van der Waals surface area contributed by atoms with Crippen LogP contribution in [0.3, 0.4) is 0 Å². The summed E-state index contributed by atoms with van der Waals surface area (Å²) in [6.07, 6.45) is 1.70. The highest BCUT2D eigenvalue weighted by molar-refractivity contribution is 7.89. The number of aromatic nitrogens is 3. The van der Waals surface area contributed by atoms with Gasteiger partial charge in [0, 0.05) is 12.1 Å². The fourth-order valence-corrected chi connectivity index (χ4v) is 3.13.